The summed E-state index contributed by atoms with van der Waals surface area (Å²) in [5, 5.41) is 3.39. The molecule has 0 radical (unpaired) electrons. The molecule has 0 aromatic carbocycles. The lowest BCUT2D eigenvalue weighted by atomic mass is 10.1. The molecule has 1 aromatic heterocycles. The molecule has 0 saturated carbocycles. The molecule has 1 aromatic rings. The predicted octanol–water partition coefficient (Wildman–Crippen LogP) is 1.42. The van der Waals surface area contributed by atoms with E-state index in [0.717, 1.165) is 19.5 Å². The van der Waals surface area contributed by atoms with Crippen LogP contribution in [0.3, 0.4) is 0 Å². The van der Waals surface area contributed by atoms with Crippen molar-refractivity contribution in [3.63, 3.8) is 0 Å². The molecule has 3 heteroatoms. The SMILES string of the molecule is C1=Cc2cc(CCN3CCNCC3)[nH]c2CC1. The average Bonchev–Trinajstić information content (AvgIpc) is 2.80. The van der Waals surface area contributed by atoms with E-state index in [2.05, 4.69) is 33.4 Å². The minimum absolute atomic E-state index is 1.14. The second kappa shape index (κ2) is 5.07. The third-order valence-corrected chi connectivity index (χ3v) is 3.76. The molecule has 1 fully saturated rings. The fraction of sp³-hybridized carbons (Fsp3) is 0.571. The Balaban J connectivity index is 1.57. The maximum atomic E-state index is 3.58. The minimum atomic E-state index is 1.14. The molecule has 1 saturated heterocycles. The molecule has 2 heterocycles. The lowest BCUT2D eigenvalue weighted by Gasteiger charge is -2.26. The Morgan fingerprint density at radius 1 is 1.24 bits per heavy atom. The normalized spacial score (nSPS) is 20.5. The van der Waals surface area contributed by atoms with E-state index in [0.29, 0.717) is 0 Å². The van der Waals surface area contributed by atoms with Gasteiger partial charge in [-0.25, -0.2) is 0 Å². The summed E-state index contributed by atoms with van der Waals surface area (Å²) in [6.45, 7) is 5.86. The molecule has 1 aliphatic heterocycles. The number of allylic oxidation sites excluding steroid dienone is 1. The van der Waals surface area contributed by atoms with Crippen LogP contribution in [0.1, 0.15) is 23.4 Å². The van der Waals surface area contributed by atoms with Gasteiger partial charge in [0.1, 0.15) is 0 Å². The standard InChI is InChI=1S/C14H21N3/c1-2-4-14-12(3-1)11-13(16-14)5-8-17-9-6-15-7-10-17/h1,3,11,15-16H,2,4-10H2. The first-order valence-corrected chi connectivity index (χ1v) is 6.72. The Kier molecular flexibility index (Phi) is 3.29. The number of aryl methyl sites for hydroxylation is 1. The number of piperazine rings is 1. The van der Waals surface area contributed by atoms with Crippen LogP contribution in [0.4, 0.5) is 0 Å². The fourth-order valence-corrected chi connectivity index (χ4v) is 2.72. The van der Waals surface area contributed by atoms with E-state index in [1.807, 2.05) is 0 Å². The van der Waals surface area contributed by atoms with Crippen molar-refractivity contribution in [2.24, 2.45) is 0 Å². The van der Waals surface area contributed by atoms with Crippen molar-refractivity contribution in [3.05, 3.63) is 29.1 Å². The van der Waals surface area contributed by atoms with Gasteiger partial charge in [0.25, 0.3) is 0 Å². The van der Waals surface area contributed by atoms with E-state index < -0.39 is 0 Å². The molecular weight excluding hydrogens is 210 g/mol. The number of hydrogen-bond donors (Lipinski definition) is 2. The minimum Gasteiger partial charge on any atom is -0.362 e. The number of aromatic nitrogens is 1. The summed E-state index contributed by atoms with van der Waals surface area (Å²) in [7, 11) is 0. The maximum absolute atomic E-state index is 3.58. The van der Waals surface area contributed by atoms with Crippen LogP contribution in [0.5, 0.6) is 0 Å². The first-order valence-electron chi connectivity index (χ1n) is 6.72. The summed E-state index contributed by atoms with van der Waals surface area (Å²) < 4.78 is 0. The monoisotopic (exact) mass is 231 g/mol. The van der Waals surface area contributed by atoms with Crippen molar-refractivity contribution < 1.29 is 0 Å². The Labute approximate surface area is 103 Å². The number of nitrogens with zero attached hydrogens (tertiary/aromatic N) is 1. The van der Waals surface area contributed by atoms with Crippen LogP contribution in [-0.2, 0) is 12.8 Å². The van der Waals surface area contributed by atoms with Crippen molar-refractivity contribution in [3.8, 4) is 0 Å². The van der Waals surface area contributed by atoms with E-state index in [1.165, 1.54) is 49.4 Å². The quantitative estimate of drug-likeness (QED) is 0.824. The number of hydrogen-bond acceptors (Lipinski definition) is 2. The number of fused-ring (bicyclic) bond motifs is 1. The van der Waals surface area contributed by atoms with Crippen molar-refractivity contribution in [1.29, 1.82) is 0 Å². The Hall–Kier alpha value is -1.06. The highest BCUT2D eigenvalue weighted by Crippen LogP contribution is 2.20. The number of rotatable bonds is 3. The second-order valence-corrected chi connectivity index (χ2v) is 5.01. The molecule has 17 heavy (non-hydrogen) atoms. The van der Waals surface area contributed by atoms with Gasteiger partial charge in [-0.1, -0.05) is 12.2 Å². The van der Waals surface area contributed by atoms with Crippen molar-refractivity contribution >= 4 is 6.08 Å². The number of nitrogens with one attached hydrogen (secondary N) is 2. The molecule has 0 bridgehead atoms. The van der Waals surface area contributed by atoms with Gasteiger partial charge in [0.2, 0.25) is 0 Å². The van der Waals surface area contributed by atoms with E-state index in [9.17, 15) is 0 Å². The van der Waals surface area contributed by atoms with Gasteiger partial charge in [0.15, 0.2) is 0 Å². The van der Waals surface area contributed by atoms with Gasteiger partial charge in [-0.05, 0) is 24.5 Å². The summed E-state index contributed by atoms with van der Waals surface area (Å²) in [6.07, 6.45) is 8.05. The number of aromatic amines is 1. The molecule has 2 N–H and O–H groups in total. The van der Waals surface area contributed by atoms with Crippen LogP contribution in [0, 0.1) is 0 Å². The Bertz CT molecular complexity index is 400. The zero-order valence-corrected chi connectivity index (χ0v) is 10.3. The Morgan fingerprint density at radius 2 is 2.12 bits per heavy atom. The second-order valence-electron chi connectivity index (χ2n) is 5.01. The molecule has 0 amide bonds. The van der Waals surface area contributed by atoms with Gasteiger partial charge in [0.05, 0.1) is 0 Å². The van der Waals surface area contributed by atoms with Gasteiger partial charge >= 0.3 is 0 Å². The highest BCUT2D eigenvalue weighted by molar-refractivity contribution is 5.55. The molecule has 1 aliphatic carbocycles. The van der Waals surface area contributed by atoms with E-state index in [1.54, 1.807) is 0 Å². The van der Waals surface area contributed by atoms with Gasteiger partial charge in [-0.2, -0.15) is 0 Å². The first-order chi connectivity index (χ1) is 8.42. The van der Waals surface area contributed by atoms with Gasteiger partial charge in [0, 0.05) is 50.5 Å². The van der Waals surface area contributed by atoms with Crippen LogP contribution < -0.4 is 5.32 Å². The molecule has 0 unspecified atom stereocenters. The third kappa shape index (κ3) is 2.61. The van der Waals surface area contributed by atoms with Crippen molar-refractivity contribution in [1.82, 2.24) is 15.2 Å². The molecular formula is C14H21N3. The van der Waals surface area contributed by atoms with Gasteiger partial charge in [-0.15, -0.1) is 0 Å². The third-order valence-electron chi connectivity index (χ3n) is 3.76. The number of H-pyrrole nitrogens is 1. The van der Waals surface area contributed by atoms with Crippen LogP contribution >= 0.6 is 0 Å². The van der Waals surface area contributed by atoms with E-state index >= 15 is 0 Å². The van der Waals surface area contributed by atoms with E-state index in [4.69, 9.17) is 0 Å². The summed E-state index contributed by atoms with van der Waals surface area (Å²) in [5.41, 5.74) is 4.24. The molecule has 0 atom stereocenters. The summed E-state index contributed by atoms with van der Waals surface area (Å²) in [6, 6.07) is 2.33. The zero-order chi connectivity index (χ0) is 11.5. The molecule has 92 valence electrons. The Morgan fingerprint density at radius 3 is 2.94 bits per heavy atom. The highest BCUT2D eigenvalue weighted by atomic mass is 15.2. The van der Waals surface area contributed by atoms with Crippen LogP contribution in [0.15, 0.2) is 12.1 Å². The lowest BCUT2D eigenvalue weighted by Crippen LogP contribution is -2.44. The van der Waals surface area contributed by atoms with Crippen LogP contribution in [-0.4, -0.2) is 42.6 Å². The fourth-order valence-electron chi connectivity index (χ4n) is 2.72. The zero-order valence-electron chi connectivity index (χ0n) is 10.3. The average molecular weight is 231 g/mol. The summed E-state index contributed by atoms with van der Waals surface area (Å²) in [5.74, 6) is 0. The smallest absolute Gasteiger partial charge is 0.0225 e. The van der Waals surface area contributed by atoms with Crippen LogP contribution in [0.25, 0.3) is 6.08 Å². The summed E-state index contributed by atoms with van der Waals surface area (Å²) >= 11 is 0. The summed E-state index contributed by atoms with van der Waals surface area (Å²) in [4.78, 5) is 6.13. The largest absolute Gasteiger partial charge is 0.362 e. The highest BCUT2D eigenvalue weighted by Gasteiger charge is 2.12. The van der Waals surface area contributed by atoms with Crippen molar-refractivity contribution in [2.75, 3.05) is 32.7 Å². The van der Waals surface area contributed by atoms with Crippen molar-refractivity contribution in [2.45, 2.75) is 19.3 Å². The van der Waals surface area contributed by atoms with E-state index in [-0.39, 0.29) is 0 Å². The molecule has 3 rings (SSSR count). The van der Waals surface area contributed by atoms with Gasteiger partial charge in [-0.3, -0.25) is 0 Å². The van der Waals surface area contributed by atoms with Gasteiger partial charge < -0.3 is 15.2 Å². The molecule has 2 aliphatic rings. The van der Waals surface area contributed by atoms with Crippen LogP contribution in [0.2, 0.25) is 0 Å². The first kappa shape index (κ1) is 11.1. The lowest BCUT2D eigenvalue weighted by molar-refractivity contribution is 0.243. The maximum Gasteiger partial charge on any atom is 0.0225 e. The topological polar surface area (TPSA) is 31.1 Å². The molecule has 3 nitrogen and oxygen atoms in total. The molecule has 0 spiro atoms. The predicted molar refractivity (Wildman–Crippen MR) is 71.2 cm³/mol.